The summed E-state index contributed by atoms with van der Waals surface area (Å²) in [7, 11) is 0. The van der Waals surface area contributed by atoms with Crippen LogP contribution in [-0.4, -0.2) is 70.0 Å². The molecule has 0 radical (unpaired) electrons. The quantitative estimate of drug-likeness (QED) is 0.229. The summed E-state index contributed by atoms with van der Waals surface area (Å²) in [6, 6.07) is 0. The summed E-state index contributed by atoms with van der Waals surface area (Å²) in [5.74, 6) is 0.634. The molecule has 0 spiro atoms. The van der Waals surface area contributed by atoms with Crippen molar-refractivity contribution < 1.29 is 38.1 Å². The Kier molecular flexibility index (Phi) is 23.2. The Morgan fingerprint density at radius 2 is 0.811 bits per heavy atom. The van der Waals surface area contributed by atoms with Crippen molar-refractivity contribution >= 4 is 23.1 Å². The van der Waals surface area contributed by atoms with E-state index >= 15 is 0 Å². The maximum absolute atomic E-state index is 12.0. The first-order valence-corrected chi connectivity index (χ1v) is 19.5. The molecule has 53 heavy (non-hydrogen) atoms. The van der Waals surface area contributed by atoms with Gasteiger partial charge in [-0.05, 0) is 110 Å². The minimum Gasteiger partial charge on any atom is -0.368 e. The number of carbonyl (C=O) groups is 4. The fourth-order valence-electron chi connectivity index (χ4n) is 4.64. The van der Waals surface area contributed by atoms with Crippen molar-refractivity contribution in [2.24, 2.45) is 21.7 Å². The number of rotatable bonds is 9. The third-order valence-electron chi connectivity index (χ3n) is 6.80. The van der Waals surface area contributed by atoms with Crippen LogP contribution >= 0.6 is 0 Å². The van der Waals surface area contributed by atoms with E-state index in [1.165, 1.54) is 0 Å². The second-order valence-corrected chi connectivity index (χ2v) is 22.6. The summed E-state index contributed by atoms with van der Waals surface area (Å²) in [6.45, 7) is 54.3. The lowest BCUT2D eigenvalue weighted by Gasteiger charge is -2.36. The highest BCUT2D eigenvalue weighted by Crippen LogP contribution is 2.29. The second kappa shape index (κ2) is 21.2. The molecule has 2 atom stereocenters. The van der Waals surface area contributed by atoms with Crippen LogP contribution in [0.15, 0.2) is 0 Å². The molecule has 2 unspecified atom stereocenters. The number of ketones is 4. The van der Waals surface area contributed by atoms with E-state index in [4.69, 9.17) is 18.9 Å². The van der Waals surface area contributed by atoms with Crippen molar-refractivity contribution in [3.8, 4) is 0 Å². The summed E-state index contributed by atoms with van der Waals surface area (Å²) in [5.41, 5.74) is -2.99. The zero-order valence-corrected chi connectivity index (χ0v) is 40.3. The molecule has 8 nitrogen and oxygen atoms in total. The van der Waals surface area contributed by atoms with Gasteiger partial charge in [0, 0.05) is 21.7 Å². The van der Waals surface area contributed by atoms with Gasteiger partial charge in [0.25, 0.3) is 0 Å². The Hall–Kier alpha value is -1.48. The number of hydrogen-bond acceptors (Lipinski definition) is 8. The first-order valence-electron chi connectivity index (χ1n) is 19.5. The topological polar surface area (TPSA) is 105 Å². The van der Waals surface area contributed by atoms with Gasteiger partial charge < -0.3 is 18.9 Å². The molecule has 0 N–H and O–H groups in total. The molecule has 0 aromatic heterocycles. The van der Waals surface area contributed by atoms with E-state index in [0.717, 1.165) is 6.42 Å². The molecule has 0 rings (SSSR count). The Labute approximate surface area is 329 Å². The smallest absolute Gasteiger partial charge is 0.169 e. The van der Waals surface area contributed by atoms with E-state index in [1.54, 1.807) is 0 Å². The Morgan fingerprint density at radius 3 is 1.04 bits per heavy atom. The van der Waals surface area contributed by atoms with Gasteiger partial charge in [-0.15, -0.1) is 0 Å². The predicted octanol–water partition coefficient (Wildman–Crippen LogP) is 11.6. The molecular weight excluding hydrogens is 668 g/mol. The fraction of sp³-hybridized carbons (Fsp3) is 0.911. The average Bonchev–Trinajstić information content (AvgIpc) is 2.84. The van der Waals surface area contributed by atoms with Crippen molar-refractivity contribution in [3.63, 3.8) is 0 Å². The van der Waals surface area contributed by atoms with E-state index in [1.807, 2.05) is 194 Å². The predicted molar refractivity (Wildman–Crippen MR) is 224 cm³/mol. The largest absolute Gasteiger partial charge is 0.368 e. The molecule has 0 aliphatic heterocycles. The van der Waals surface area contributed by atoms with Gasteiger partial charge in [-0.25, -0.2) is 0 Å². The lowest BCUT2D eigenvalue weighted by molar-refractivity contribution is -0.165. The van der Waals surface area contributed by atoms with Crippen molar-refractivity contribution in [1.29, 1.82) is 0 Å². The van der Waals surface area contributed by atoms with Crippen LogP contribution in [0.2, 0.25) is 0 Å². The fourth-order valence-corrected chi connectivity index (χ4v) is 4.64. The van der Waals surface area contributed by atoms with E-state index < -0.39 is 5.60 Å². The van der Waals surface area contributed by atoms with E-state index in [2.05, 4.69) is 0 Å². The molecule has 0 heterocycles. The van der Waals surface area contributed by atoms with Gasteiger partial charge in [-0.2, -0.15) is 0 Å². The standard InChI is InChI=1S/2C12H24O2.C11H22O2.C10H20O2/c1-10(2,3)9(13)12(7,8)14-11(4,5)6;1-8-9(14-12(5,6)7)10(13)11(2,3)4;1-8(13-11(5,6)7)9(12)10(2,3)4;1-9(2,3)8(11)7-12-10(4,5)6/h1-8H3;9H,8H2,1-7H3;8H,1-7H3;7H2,1-6H3. The SMILES string of the molecule is CC(C)(C)OC(C)(C)C(=O)C(C)(C)C.CC(C)(C)OCC(=O)C(C)(C)C.CC(OC(C)(C)C)C(=O)C(C)(C)C.CCC(OC(C)(C)C)C(=O)C(C)(C)C. The molecule has 0 aliphatic carbocycles. The monoisotopic (exact) mass is 759 g/mol. The normalized spacial score (nSPS) is 14.6. The van der Waals surface area contributed by atoms with E-state index in [9.17, 15) is 19.2 Å². The van der Waals surface area contributed by atoms with E-state index in [-0.39, 0.29) is 86.0 Å². The van der Waals surface area contributed by atoms with Crippen LogP contribution in [-0.2, 0) is 38.1 Å². The molecule has 0 bridgehead atoms. The highest BCUT2D eigenvalue weighted by Gasteiger charge is 2.39. The van der Waals surface area contributed by atoms with Gasteiger partial charge >= 0.3 is 0 Å². The highest BCUT2D eigenvalue weighted by atomic mass is 16.5. The number of ether oxygens (including phenoxy) is 4. The molecule has 0 aromatic carbocycles. The maximum Gasteiger partial charge on any atom is 0.169 e. The van der Waals surface area contributed by atoms with Crippen molar-refractivity contribution in [1.82, 2.24) is 0 Å². The molecule has 0 aromatic rings. The van der Waals surface area contributed by atoms with Crippen LogP contribution in [0.1, 0.15) is 200 Å². The molecular formula is C45H90O8. The highest BCUT2D eigenvalue weighted by molar-refractivity contribution is 5.91. The molecule has 0 saturated heterocycles. The minimum absolute atomic E-state index is 0.139. The summed E-state index contributed by atoms with van der Waals surface area (Å²) in [5, 5.41) is 0. The number of carbonyl (C=O) groups excluding carboxylic acids is 4. The van der Waals surface area contributed by atoms with Gasteiger partial charge in [0.05, 0.1) is 22.4 Å². The molecule has 0 fully saturated rings. The molecule has 0 aliphatic rings. The van der Waals surface area contributed by atoms with Crippen LogP contribution in [0, 0.1) is 21.7 Å². The first kappa shape index (κ1) is 58.2. The summed E-state index contributed by atoms with van der Waals surface area (Å²) in [4.78, 5) is 47.1. The van der Waals surface area contributed by atoms with Gasteiger partial charge in [0.2, 0.25) is 0 Å². The molecule has 8 heteroatoms. The molecule has 0 amide bonds. The maximum atomic E-state index is 12.0. The Bertz CT molecular complexity index is 1100. The molecule has 0 saturated carbocycles. The number of Topliss-reactive ketones (excluding diaryl/α,β-unsaturated/α-hetero) is 4. The third kappa shape index (κ3) is 32.5. The Balaban J connectivity index is -0.000000303. The van der Waals surface area contributed by atoms with Crippen LogP contribution in [0.4, 0.5) is 0 Å². The lowest BCUT2D eigenvalue weighted by Crippen LogP contribution is -2.46. The summed E-state index contributed by atoms with van der Waals surface area (Å²) >= 11 is 0. The van der Waals surface area contributed by atoms with Gasteiger partial charge in [-0.3, -0.25) is 19.2 Å². The van der Waals surface area contributed by atoms with Gasteiger partial charge in [0.1, 0.15) is 24.4 Å². The van der Waals surface area contributed by atoms with Crippen LogP contribution < -0.4 is 0 Å². The zero-order chi connectivity index (χ0) is 44.2. The summed E-state index contributed by atoms with van der Waals surface area (Å²) in [6.07, 6.45) is 0.155. The second-order valence-electron chi connectivity index (χ2n) is 22.6. The van der Waals surface area contributed by atoms with Crippen LogP contribution in [0.5, 0.6) is 0 Å². The van der Waals surface area contributed by atoms with Crippen molar-refractivity contribution in [2.75, 3.05) is 6.61 Å². The first-order chi connectivity index (χ1) is 22.6. The Morgan fingerprint density at radius 1 is 0.453 bits per heavy atom. The van der Waals surface area contributed by atoms with Crippen molar-refractivity contribution in [2.45, 2.75) is 240 Å². The summed E-state index contributed by atoms with van der Waals surface area (Å²) < 4.78 is 22.4. The minimum atomic E-state index is -0.712. The van der Waals surface area contributed by atoms with Crippen molar-refractivity contribution in [3.05, 3.63) is 0 Å². The van der Waals surface area contributed by atoms with E-state index in [0.29, 0.717) is 0 Å². The molecule has 318 valence electrons. The lowest BCUT2D eigenvalue weighted by atomic mass is 9.81. The van der Waals surface area contributed by atoms with Gasteiger partial charge in [-0.1, -0.05) is 90.0 Å². The van der Waals surface area contributed by atoms with Crippen LogP contribution in [0.25, 0.3) is 0 Å². The number of hydrogen-bond donors (Lipinski definition) is 0. The third-order valence-corrected chi connectivity index (χ3v) is 6.80. The van der Waals surface area contributed by atoms with Crippen LogP contribution in [0.3, 0.4) is 0 Å². The zero-order valence-electron chi connectivity index (χ0n) is 40.3. The van der Waals surface area contributed by atoms with Gasteiger partial charge in [0.15, 0.2) is 23.1 Å². The average molecular weight is 759 g/mol.